The van der Waals surface area contributed by atoms with Crippen molar-refractivity contribution in [3.63, 3.8) is 0 Å². The van der Waals surface area contributed by atoms with Gasteiger partial charge in [0.05, 0.1) is 4.88 Å². The van der Waals surface area contributed by atoms with Gasteiger partial charge in [0.15, 0.2) is 0 Å². The van der Waals surface area contributed by atoms with Crippen molar-refractivity contribution in [2.75, 3.05) is 5.32 Å². The van der Waals surface area contributed by atoms with Gasteiger partial charge in [-0.2, -0.15) is 9.78 Å². The highest BCUT2D eigenvalue weighted by Gasteiger charge is 2.27. The quantitative estimate of drug-likeness (QED) is 0.458. The van der Waals surface area contributed by atoms with E-state index in [4.69, 9.17) is 0 Å². The number of rotatable bonds is 8. The second-order valence-electron chi connectivity index (χ2n) is 8.96. The lowest BCUT2D eigenvalue weighted by atomic mass is 9.79. The molecule has 3 heterocycles. The van der Waals surface area contributed by atoms with Crippen LogP contribution in [0.3, 0.4) is 0 Å². The summed E-state index contributed by atoms with van der Waals surface area (Å²) in [6.07, 6.45) is 8.46. The summed E-state index contributed by atoms with van der Waals surface area (Å²) in [6.45, 7) is 5.99. The summed E-state index contributed by atoms with van der Waals surface area (Å²) in [5.74, 6) is 1.62. The number of nitrogens with one attached hydrogen (secondary N) is 2. The fraction of sp³-hybridized carbons (Fsp3) is 0.520. The Kier molecular flexibility index (Phi) is 7.42. The zero-order chi connectivity index (χ0) is 23.4. The van der Waals surface area contributed by atoms with E-state index in [0.29, 0.717) is 29.4 Å². The van der Waals surface area contributed by atoms with Crippen molar-refractivity contribution < 1.29 is 4.79 Å². The number of hydrogen-bond donors (Lipinski definition) is 2. The Bertz CT molecular complexity index is 1140. The van der Waals surface area contributed by atoms with E-state index in [1.807, 2.05) is 37.4 Å². The normalized spacial score (nSPS) is 18.4. The molecule has 3 aromatic rings. The SMILES string of the molecule is CCCCC1CCC(C(=O)Nc2cc(-c3cccs3)nn2-c2nc(C)c(CC)c(=O)[nH]2)CC1. The average Bonchev–Trinajstić information content (AvgIpc) is 3.48. The van der Waals surface area contributed by atoms with Crippen LogP contribution in [0.2, 0.25) is 0 Å². The van der Waals surface area contributed by atoms with Crippen LogP contribution in [0.5, 0.6) is 0 Å². The number of aromatic amines is 1. The highest BCUT2D eigenvalue weighted by atomic mass is 32.1. The van der Waals surface area contributed by atoms with Crippen molar-refractivity contribution in [2.24, 2.45) is 11.8 Å². The van der Waals surface area contributed by atoms with E-state index in [1.54, 1.807) is 16.0 Å². The number of nitrogens with zero attached hydrogens (tertiary/aromatic N) is 3. The standard InChI is InChI=1S/C25H33N5O2S/c1-4-6-8-17-10-12-18(13-11-17)23(31)27-22-15-20(21-9-7-14-33-21)29-30(22)25-26-16(3)19(5-2)24(32)28-25/h7,9,14-15,17-18H,4-6,8,10-13H2,1-3H3,(H,27,31)(H,26,28,32). The van der Waals surface area contributed by atoms with E-state index in [1.165, 1.54) is 19.3 Å². The van der Waals surface area contributed by atoms with E-state index in [-0.39, 0.29) is 17.4 Å². The zero-order valence-corrected chi connectivity index (χ0v) is 20.5. The Morgan fingerprint density at radius 1 is 1.27 bits per heavy atom. The van der Waals surface area contributed by atoms with E-state index in [0.717, 1.165) is 42.2 Å². The summed E-state index contributed by atoms with van der Waals surface area (Å²) < 4.78 is 1.55. The Morgan fingerprint density at radius 2 is 2.06 bits per heavy atom. The minimum atomic E-state index is -0.171. The van der Waals surface area contributed by atoms with Crippen LogP contribution >= 0.6 is 11.3 Å². The second-order valence-corrected chi connectivity index (χ2v) is 9.91. The lowest BCUT2D eigenvalue weighted by Crippen LogP contribution is -2.28. The predicted molar refractivity (Wildman–Crippen MR) is 133 cm³/mol. The average molecular weight is 468 g/mol. The van der Waals surface area contributed by atoms with Gasteiger partial charge in [0.1, 0.15) is 11.5 Å². The summed E-state index contributed by atoms with van der Waals surface area (Å²) >= 11 is 1.58. The third-order valence-electron chi connectivity index (χ3n) is 6.68. The van der Waals surface area contributed by atoms with Gasteiger partial charge < -0.3 is 5.32 Å². The van der Waals surface area contributed by atoms with Gasteiger partial charge in [-0.3, -0.25) is 14.6 Å². The monoisotopic (exact) mass is 467 g/mol. The van der Waals surface area contributed by atoms with Crippen LogP contribution in [-0.2, 0) is 11.2 Å². The second kappa shape index (κ2) is 10.5. The summed E-state index contributed by atoms with van der Waals surface area (Å²) in [4.78, 5) is 34.1. The Labute approximate surface area is 198 Å². The molecule has 1 aliphatic carbocycles. The molecule has 33 heavy (non-hydrogen) atoms. The van der Waals surface area contributed by atoms with Crippen LogP contribution in [0.15, 0.2) is 28.4 Å². The van der Waals surface area contributed by atoms with Crippen molar-refractivity contribution in [2.45, 2.75) is 72.1 Å². The molecule has 0 spiro atoms. The van der Waals surface area contributed by atoms with Crippen LogP contribution in [0.4, 0.5) is 5.82 Å². The molecule has 7 nitrogen and oxygen atoms in total. The lowest BCUT2D eigenvalue weighted by Gasteiger charge is -2.27. The van der Waals surface area contributed by atoms with E-state index in [2.05, 4.69) is 27.3 Å². The molecular formula is C25H33N5O2S. The number of amides is 1. The molecule has 3 aromatic heterocycles. The number of unbranched alkanes of at least 4 members (excludes halogenated alkanes) is 1. The molecule has 176 valence electrons. The third kappa shape index (κ3) is 5.27. The predicted octanol–water partition coefficient (Wildman–Crippen LogP) is 5.49. The Balaban J connectivity index is 1.59. The van der Waals surface area contributed by atoms with Crippen LogP contribution in [0.1, 0.15) is 70.1 Å². The van der Waals surface area contributed by atoms with Crippen molar-refractivity contribution in [3.05, 3.63) is 45.2 Å². The van der Waals surface area contributed by atoms with Crippen molar-refractivity contribution >= 4 is 23.1 Å². The van der Waals surface area contributed by atoms with Crippen molar-refractivity contribution in [1.29, 1.82) is 0 Å². The van der Waals surface area contributed by atoms with Crippen LogP contribution in [-0.4, -0.2) is 25.7 Å². The number of H-pyrrole nitrogens is 1. The van der Waals surface area contributed by atoms with Gasteiger partial charge in [-0.1, -0.05) is 39.2 Å². The maximum atomic E-state index is 13.2. The van der Waals surface area contributed by atoms with E-state index in [9.17, 15) is 9.59 Å². The van der Waals surface area contributed by atoms with Gasteiger partial charge >= 0.3 is 0 Å². The molecule has 1 aliphatic rings. The molecule has 0 aromatic carbocycles. The molecule has 1 amide bonds. The van der Waals surface area contributed by atoms with Crippen LogP contribution in [0.25, 0.3) is 16.5 Å². The van der Waals surface area contributed by atoms with Crippen molar-refractivity contribution in [1.82, 2.24) is 19.7 Å². The molecule has 0 radical (unpaired) electrons. The summed E-state index contributed by atoms with van der Waals surface area (Å²) in [5, 5.41) is 9.77. The number of carbonyl (C=O) groups excluding carboxylic acids is 1. The number of carbonyl (C=O) groups is 1. The molecule has 0 saturated heterocycles. The maximum absolute atomic E-state index is 13.2. The highest BCUT2D eigenvalue weighted by molar-refractivity contribution is 7.13. The smallest absolute Gasteiger partial charge is 0.255 e. The van der Waals surface area contributed by atoms with E-state index >= 15 is 0 Å². The third-order valence-corrected chi connectivity index (χ3v) is 7.57. The van der Waals surface area contributed by atoms with Gasteiger partial charge in [-0.05, 0) is 56.4 Å². The summed E-state index contributed by atoms with van der Waals surface area (Å²) in [6, 6.07) is 5.82. The zero-order valence-electron chi connectivity index (χ0n) is 19.7. The molecular weight excluding hydrogens is 434 g/mol. The molecule has 0 unspecified atom stereocenters. The Hall–Kier alpha value is -2.74. The van der Waals surface area contributed by atoms with Gasteiger partial charge in [0, 0.05) is 23.2 Å². The molecule has 1 saturated carbocycles. The number of anilines is 1. The molecule has 0 aliphatic heterocycles. The number of hydrogen-bond acceptors (Lipinski definition) is 5. The first-order chi connectivity index (χ1) is 16.0. The first-order valence-corrected chi connectivity index (χ1v) is 12.9. The minimum absolute atomic E-state index is 0.00706. The molecule has 2 N–H and O–H groups in total. The first-order valence-electron chi connectivity index (χ1n) is 12.0. The number of aryl methyl sites for hydroxylation is 1. The largest absolute Gasteiger partial charge is 0.310 e. The van der Waals surface area contributed by atoms with Crippen LogP contribution < -0.4 is 10.9 Å². The Morgan fingerprint density at radius 3 is 2.70 bits per heavy atom. The number of aromatic nitrogens is 4. The van der Waals surface area contributed by atoms with Gasteiger partial charge in [-0.15, -0.1) is 11.3 Å². The fourth-order valence-corrected chi connectivity index (χ4v) is 5.40. The molecule has 1 fully saturated rings. The number of thiophene rings is 1. The van der Waals surface area contributed by atoms with Gasteiger partial charge in [-0.25, -0.2) is 4.98 Å². The summed E-state index contributed by atoms with van der Waals surface area (Å²) in [5.41, 5.74) is 1.90. The molecule has 0 atom stereocenters. The molecule has 0 bridgehead atoms. The fourth-order valence-electron chi connectivity index (χ4n) is 4.72. The van der Waals surface area contributed by atoms with Crippen LogP contribution in [0, 0.1) is 18.8 Å². The lowest BCUT2D eigenvalue weighted by molar-refractivity contribution is -0.121. The summed E-state index contributed by atoms with van der Waals surface area (Å²) in [7, 11) is 0. The minimum Gasteiger partial charge on any atom is -0.310 e. The van der Waals surface area contributed by atoms with Gasteiger partial charge in [0.2, 0.25) is 11.9 Å². The first kappa shape index (κ1) is 23.4. The van der Waals surface area contributed by atoms with Gasteiger partial charge in [0.25, 0.3) is 5.56 Å². The maximum Gasteiger partial charge on any atom is 0.255 e. The van der Waals surface area contributed by atoms with Crippen molar-refractivity contribution in [3.8, 4) is 16.5 Å². The van der Waals surface area contributed by atoms with E-state index < -0.39 is 0 Å². The highest BCUT2D eigenvalue weighted by Crippen LogP contribution is 2.33. The molecule has 8 heteroatoms. The topological polar surface area (TPSA) is 92.7 Å². The molecule has 4 rings (SSSR count).